The van der Waals surface area contributed by atoms with Crippen molar-refractivity contribution in [3.8, 4) is 0 Å². The van der Waals surface area contributed by atoms with E-state index in [1.165, 1.54) is 12.1 Å². The van der Waals surface area contributed by atoms with Gasteiger partial charge in [0.2, 0.25) is 0 Å². The number of halogens is 2. The maximum Gasteiger partial charge on any atom is 0.167 e. The number of rotatable bonds is 5. The minimum absolute atomic E-state index is 0.174. The maximum atomic E-state index is 14.0. The molecule has 0 aromatic heterocycles. The van der Waals surface area contributed by atoms with Crippen LogP contribution in [0.4, 0.5) is 8.78 Å². The SMILES string of the molecule is COC1(OC)CCC(C(CN)c2cc(F)ccc2F)CC1. The van der Waals surface area contributed by atoms with E-state index in [1.54, 1.807) is 14.2 Å². The van der Waals surface area contributed by atoms with Crippen LogP contribution in [-0.2, 0) is 9.47 Å². The van der Waals surface area contributed by atoms with Gasteiger partial charge in [-0.25, -0.2) is 8.78 Å². The molecule has 0 amide bonds. The lowest BCUT2D eigenvalue weighted by molar-refractivity contribution is -0.228. The Morgan fingerprint density at radius 3 is 2.38 bits per heavy atom. The van der Waals surface area contributed by atoms with E-state index in [1.807, 2.05) is 0 Å². The van der Waals surface area contributed by atoms with Gasteiger partial charge in [-0.1, -0.05) is 0 Å². The van der Waals surface area contributed by atoms with Crippen LogP contribution in [0.5, 0.6) is 0 Å². The summed E-state index contributed by atoms with van der Waals surface area (Å²) < 4.78 is 38.3. The molecule has 1 aliphatic rings. The van der Waals surface area contributed by atoms with Crippen molar-refractivity contribution in [2.45, 2.75) is 37.4 Å². The molecular formula is C16H23F2NO2. The fourth-order valence-electron chi connectivity index (χ4n) is 3.35. The van der Waals surface area contributed by atoms with E-state index in [-0.39, 0.29) is 17.7 Å². The summed E-state index contributed by atoms with van der Waals surface area (Å²) in [6, 6.07) is 3.57. The largest absolute Gasteiger partial charge is 0.353 e. The molecular weight excluding hydrogens is 276 g/mol. The molecule has 1 fully saturated rings. The first-order chi connectivity index (χ1) is 10.0. The van der Waals surface area contributed by atoms with Gasteiger partial charge in [0.1, 0.15) is 11.6 Å². The van der Waals surface area contributed by atoms with E-state index >= 15 is 0 Å². The first kappa shape index (κ1) is 16.3. The topological polar surface area (TPSA) is 44.5 Å². The van der Waals surface area contributed by atoms with Crippen LogP contribution in [0.25, 0.3) is 0 Å². The first-order valence-corrected chi connectivity index (χ1v) is 7.30. The second-order valence-electron chi connectivity index (χ2n) is 5.66. The van der Waals surface area contributed by atoms with Crippen LogP contribution in [0.3, 0.4) is 0 Å². The highest BCUT2D eigenvalue weighted by molar-refractivity contribution is 5.24. The molecule has 1 unspecified atom stereocenters. The lowest BCUT2D eigenvalue weighted by atomic mass is 9.74. The Bertz CT molecular complexity index is 467. The third kappa shape index (κ3) is 3.42. The van der Waals surface area contributed by atoms with Crippen molar-refractivity contribution in [3.63, 3.8) is 0 Å². The van der Waals surface area contributed by atoms with Gasteiger partial charge in [0.05, 0.1) is 0 Å². The smallest absolute Gasteiger partial charge is 0.167 e. The Hall–Kier alpha value is -1.04. The molecule has 3 nitrogen and oxygen atoms in total. The molecule has 21 heavy (non-hydrogen) atoms. The summed E-state index contributed by atoms with van der Waals surface area (Å²) in [6.07, 6.45) is 3.11. The van der Waals surface area contributed by atoms with Crippen molar-refractivity contribution in [1.29, 1.82) is 0 Å². The third-order valence-electron chi connectivity index (χ3n) is 4.72. The number of ether oxygens (including phenoxy) is 2. The van der Waals surface area contributed by atoms with Gasteiger partial charge in [-0.15, -0.1) is 0 Å². The molecule has 0 saturated heterocycles. The molecule has 0 spiro atoms. The molecule has 1 aliphatic carbocycles. The molecule has 1 atom stereocenters. The van der Waals surface area contributed by atoms with Crippen molar-refractivity contribution in [1.82, 2.24) is 0 Å². The van der Waals surface area contributed by atoms with Crippen molar-refractivity contribution in [2.24, 2.45) is 11.7 Å². The van der Waals surface area contributed by atoms with Crippen molar-refractivity contribution in [2.75, 3.05) is 20.8 Å². The highest BCUT2D eigenvalue weighted by Crippen LogP contribution is 2.41. The van der Waals surface area contributed by atoms with Crippen LogP contribution >= 0.6 is 0 Å². The van der Waals surface area contributed by atoms with E-state index in [9.17, 15) is 8.78 Å². The van der Waals surface area contributed by atoms with Gasteiger partial charge in [0.15, 0.2) is 5.79 Å². The van der Waals surface area contributed by atoms with Crippen molar-refractivity contribution in [3.05, 3.63) is 35.4 Å². The molecule has 1 aromatic carbocycles. The summed E-state index contributed by atoms with van der Waals surface area (Å²) >= 11 is 0. The minimum Gasteiger partial charge on any atom is -0.353 e. The number of benzene rings is 1. The van der Waals surface area contributed by atoms with Gasteiger partial charge in [0.25, 0.3) is 0 Å². The molecule has 1 aromatic rings. The fourth-order valence-corrected chi connectivity index (χ4v) is 3.35. The molecule has 0 aliphatic heterocycles. The fraction of sp³-hybridized carbons (Fsp3) is 0.625. The third-order valence-corrected chi connectivity index (χ3v) is 4.72. The van der Waals surface area contributed by atoms with Crippen LogP contribution in [0, 0.1) is 17.6 Å². The van der Waals surface area contributed by atoms with Gasteiger partial charge < -0.3 is 15.2 Å². The van der Waals surface area contributed by atoms with E-state index in [0.717, 1.165) is 31.7 Å². The number of hydrogen-bond donors (Lipinski definition) is 1. The summed E-state index contributed by atoms with van der Waals surface area (Å²) in [6.45, 7) is 0.304. The second-order valence-corrected chi connectivity index (χ2v) is 5.66. The minimum atomic E-state index is -0.546. The van der Waals surface area contributed by atoms with Crippen LogP contribution in [0.2, 0.25) is 0 Å². The maximum absolute atomic E-state index is 14.0. The van der Waals surface area contributed by atoms with Crippen LogP contribution < -0.4 is 5.73 Å². The number of methoxy groups -OCH3 is 2. The van der Waals surface area contributed by atoms with Gasteiger partial charge in [-0.05, 0) is 49.1 Å². The molecule has 5 heteroatoms. The molecule has 0 radical (unpaired) electrons. The molecule has 0 heterocycles. The summed E-state index contributed by atoms with van der Waals surface area (Å²) in [4.78, 5) is 0. The summed E-state index contributed by atoms with van der Waals surface area (Å²) in [5, 5.41) is 0. The predicted octanol–water partition coefficient (Wildman–Crippen LogP) is 3.19. The Morgan fingerprint density at radius 1 is 1.24 bits per heavy atom. The van der Waals surface area contributed by atoms with Gasteiger partial charge in [0, 0.05) is 33.0 Å². The number of nitrogens with two attached hydrogens (primary N) is 1. The molecule has 118 valence electrons. The zero-order chi connectivity index (χ0) is 15.5. The first-order valence-electron chi connectivity index (χ1n) is 7.30. The Labute approximate surface area is 124 Å². The lowest BCUT2D eigenvalue weighted by Crippen LogP contribution is -2.40. The molecule has 2 rings (SSSR count). The van der Waals surface area contributed by atoms with Gasteiger partial charge in [-0.3, -0.25) is 0 Å². The molecule has 1 saturated carbocycles. The Morgan fingerprint density at radius 2 is 1.86 bits per heavy atom. The van der Waals surface area contributed by atoms with Crippen LogP contribution in [-0.4, -0.2) is 26.6 Å². The van der Waals surface area contributed by atoms with E-state index < -0.39 is 11.6 Å². The predicted molar refractivity (Wildman–Crippen MR) is 76.9 cm³/mol. The van der Waals surface area contributed by atoms with E-state index in [4.69, 9.17) is 15.2 Å². The monoisotopic (exact) mass is 299 g/mol. The second kappa shape index (κ2) is 6.81. The van der Waals surface area contributed by atoms with Crippen LogP contribution in [0.1, 0.15) is 37.2 Å². The lowest BCUT2D eigenvalue weighted by Gasteiger charge is -2.40. The Balaban J connectivity index is 2.15. The quantitative estimate of drug-likeness (QED) is 0.849. The van der Waals surface area contributed by atoms with E-state index in [2.05, 4.69) is 0 Å². The molecule has 0 bridgehead atoms. The standard InChI is InChI=1S/C16H23F2NO2/c1-20-16(21-2)7-5-11(6-8-16)14(10-19)13-9-12(17)3-4-15(13)18/h3-4,9,11,14H,5-8,10,19H2,1-2H3. The van der Waals surface area contributed by atoms with Crippen molar-refractivity contribution < 1.29 is 18.3 Å². The summed E-state index contributed by atoms with van der Waals surface area (Å²) in [7, 11) is 3.27. The molecule has 2 N–H and O–H groups in total. The van der Waals surface area contributed by atoms with Crippen LogP contribution in [0.15, 0.2) is 18.2 Å². The number of hydrogen-bond acceptors (Lipinski definition) is 3. The zero-order valence-corrected chi connectivity index (χ0v) is 12.6. The average Bonchev–Trinajstić information content (AvgIpc) is 2.52. The normalized spacial score (nSPS) is 20.4. The van der Waals surface area contributed by atoms with Crippen molar-refractivity contribution >= 4 is 0 Å². The highest BCUT2D eigenvalue weighted by Gasteiger charge is 2.38. The van der Waals surface area contributed by atoms with Gasteiger partial charge in [-0.2, -0.15) is 0 Å². The summed E-state index contributed by atoms with van der Waals surface area (Å²) in [5.74, 6) is -1.32. The zero-order valence-electron chi connectivity index (χ0n) is 12.6. The highest BCUT2D eigenvalue weighted by atomic mass is 19.1. The Kier molecular flexibility index (Phi) is 5.30. The van der Waals surface area contributed by atoms with Gasteiger partial charge >= 0.3 is 0 Å². The van der Waals surface area contributed by atoms with E-state index in [0.29, 0.717) is 12.1 Å². The average molecular weight is 299 g/mol. The summed E-state index contributed by atoms with van der Waals surface area (Å²) in [5.41, 5.74) is 6.22.